The van der Waals surface area contributed by atoms with E-state index < -0.39 is 0 Å². The molecule has 0 amide bonds. The van der Waals surface area contributed by atoms with Crippen LogP contribution < -0.4 is 10.5 Å². The monoisotopic (exact) mass is 256 g/mol. The average molecular weight is 257 g/mol. The molecular formula is C13H21ClN2O. The quantitative estimate of drug-likeness (QED) is 0.823. The molecule has 0 fully saturated rings. The molecule has 0 aromatic carbocycles. The van der Waals surface area contributed by atoms with Crippen molar-refractivity contribution in [2.45, 2.75) is 39.7 Å². The van der Waals surface area contributed by atoms with Crippen LogP contribution in [0.15, 0.2) is 12.3 Å². The van der Waals surface area contributed by atoms with Crippen molar-refractivity contribution >= 4 is 11.6 Å². The van der Waals surface area contributed by atoms with Crippen molar-refractivity contribution in [3.05, 3.63) is 23.0 Å². The third-order valence-corrected chi connectivity index (χ3v) is 2.63. The van der Waals surface area contributed by atoms with Gasteiger partial charge in [0, 0.05) is 5.54 Å². The summed E-state index contributed by atoms with van der Waals surface area (Å²) >= 11 is 5.78. The molecule has 1 rings (SSSR count). The Labute approximate surface area is 108 Å². The molecule has 0 radical (unpaired) electrons. The Morgan fingerprint density at radius 3 is 2.71 bits per heavy atom. The van der Waals surface area contributed by atoms with E-state index in [1.165, 1.54) is 0 Å². The van der Waals surface area contributed by atoms with E-state index in [1.807, 2.05) is 20.8 Å². The minimum Gasteiger partial charge on any atom is -0.491 e. The van der Waals surface area contributed by atoms with Gasteiger partial charge in [0.05, 0.1) is 12.8 Å². The number of rotatable bonds is 5. The first-order valence-electron chi connectivity index (χ1n) is 5.82. The zero-order valence-electron chi connectivity index (χ0n) is 11.0. The molecule has 1 aromatic rings. The molecule has 1 heterocycles. The number of hydrogen-bond donors (Lipinski definition) is 1. The second-order valence-electron chi connectivity index (χ2n) is 5.38. The van der Waals surface area contributed by atoms with Crippen molar-refractivity contribution in [3.8, 4) is 5.75 Å². The first kappa shape index (κ1) is 14.3. The fourth-order valence-corrected chi connectivity index (χ4v) is 2.06. The molecule has 2 N–H and O–H groups in total. The van der Waals surface area contributed by atoms with Crippen LogP contribution >= 0.6 is 11.6 Å². The molecule has 4 heteroatoms. The van der Waals surface area contributed by atoms with Crippen LogP contribution in [0.4, 0.5) is 0 Å². The van der Waals surface area contributed by atoms with E-state index in [0.717, 1.165) is 17.7 Å². The summed E-state index contributed by atoms with van der Waals surface area (Å²) in [6.07, 6.45) is 2.59. The first-order valence-corrected chi connectivity index (χ1v) is 6.19. The van der Waals surface area contributed by atoms with Crippen LogP contribution in [-0.2, 0) is 0 Å². The minimum absolute atomic E-state index is 0.157. The highest BCUT2D eigenvalue weighted by molar-refractivity contribution is 6.29. The van der Waals surface area contributed by atoms with E-state index in [9.17, 15) is 0 Å². The van der Waals surface area contributed by atoms with Gasteiger partial charge in [0.2, 0.25) is 0 Å². The molecule has 1 aromatic heterocycles. The lowest BCUT2D eigenvalue weighted by Crippen LogP contribution is -2.35. The van der Waals surface area contributed by atoms with E-state index in [2.05, 4.69) is 11.9 Å². The molecule has 17 heavy (non-hydrogen) atoms. The Hall–Kier alpha value is -0.800. The van der Waals surface area contributed by atoms with Gasteiger partial charge in [-0.3, -0.25) is 0 Å². The molecule has 0 saturated heterocycles. The Morgan fingerprint density at radius 2 is 2.18 bits per heavy atom. The number of halogens is 1. The molecule has 0 bridgehead atoms. The van der Waals surface area contributed by atoms with Gasteiger partial charge >= 0.3 is 0 Å². The van der Waals surface area contributed by atoms with Crippen LogP contribution in [0, 0.1) is 12.8 Å². The second kappa shape index (κ2) is 5.69. The number of aryl methyl sites for hydroxylation is 1. The summed E-state index contributed by atoms with van der Waals surface area (Å²) in [7, 11) is 0. The summed E-state index contributed by atoms with van der Waals surface area (Å²) in [5, 5.41) is 0.492. The van der Waals surface area contributed by atoms with Crippen LogP contribution in [0.5, 0.6) is 5.75 Å². The summed E-state index contributed by atoms with van der Waals surface area (Å²) in [6, 6.07) is 1.80. The Kier molecular flexibility index (Phi) is 4.78. The summed E-state index contributed by atoms with van der Waals surface area (Å²) in [5.41, 5.74) is 6.82. The van der Waals surface area contributed by atoms with Gasteiger partial charge in [-0.1, -0.05) is 18.5 Å². The van der Waals surface area contributed by atoms with Crippen LogP contribution in [-0.4, -0.2) is 17.1 Å². The Morgan fingerprint density at radius 1 is 1.53 bits per heavy atom. The normalized spacial score (nSPS) is 13.5. The van der Waals surface area contributed by atoms with E-state index >= 15 is 0 Å². The van der Waals surface area contributed by atoms with E-state index in [-0.39, 0.29) is 5.54 Å². The van der Waals surface area contributed by atoms with Gasteiger partial charge in [-0.05, 0) is 44.7 Å². The van der Waals surface area contributed by atoms with E-state index in [4.69, 9.17) is 22.1 Å². The number of ether oxygens (including phenoxy) is 1. The lowest BCUT2D eigenvalue weighted by Gasteiger charge is -2.23. The van der Waals surface area contributed by atoms with Crippen molar-refractivity contribution in [2.75, 3.05) is 6.61 Å². The van der Waals surface area contributed by atoms with E-state index in [1.54, 1.807) is 12.3 Å². The van der Waals surface area contributed by atoms with Gasteiger partial charge < -0.3 is 10.5 Å². The van der Waals surface area contributed by atoms with Crippen molar-refractivity contribution in [2.24, 2.45) is 11.7 Å². The largest absolute Gasteiger partial charge is 0.491 e. The number of pyridine rings is 1. The molecule has 0 aliphatic heterocycles. The molecule has 0 aliphatic carbocycles. The zero-order valence-corrected chi connectivity index (χ0v) is 11.7. The number of nitrogens with two attached hydrogens (primary N) is 1. The van der Waals surface area contributed by atoms with E-state index in [0.29, 0.717) is 17.7 Å². The number of hydrogen-bond acceptors (Lipinski definition) is 3. The molecule has 0 unspecified atom stereocenters. The zero-order chi connectivity index (χ0) is 13.1. The van der Waals surface area contributed by atoms with Crippen molar-refractivity contribution in [1.29, 1.82) is 0 Å². The fraction of sp³-hybridized carbons (Fsp3) is 0.615. The van der Waals surface area contributed by atoms with Gasteiger partial charge in [-0.25, -0.2) is 4.98 Å². The summed E-state index contributed by atoms with van der Waals surface area (Å²) in [4.78, 5) is 4.01. The minimum atomic E-state index is -0.157. The van der Waals surface area contributed by atoms with Crippen LogP contribution in [0.25, 0.3) is 0 Å². The van der Waals surface area contributed by atoms with Crippen LogP contribution in [0.2, 0.25) is 5.15 Å². The van der Waals surface area contributed by atoms with Gasteiger partial charge in [0.25, 0.3) is 0 Å². The average Bonchev–Trinajstić information content (AvgIpc) is 2.13. The predicted octanol–water partition coefficient (Wildman–Crippen LogP) is 3.19. The second-order valence-corrected chi connectivity index (χ2v) is 5.77. The smallest absolute Gasteiger partial charge is 0.140 e. The van der Waals surface area contributed by atoms with Gasteiger partial charge in [-0.15, -0.1) is 0 Å². The molecule has 1 atom stereocenters. The molecule has 0 aliphatic rings. The predicted molar refractivity (Wildman–Crippen MR) is 71.5 cm³/mol. The molecular weight excluding hydrogens is 236 g/mol. The highest BCUT2D eigenvalue weighted by Gasteiger charge is 2.16. The Balaban J connectivity index is 2.50. The highest BCUT2D eigenvalue weighted by atomic mass is 35.5. The highest BCUT2D eigenvalue weighted by Crippen LogP contribution is 2.21. The molecule has 0 saturated carbocycles. The maximum absolute atomic E-state index is 5.97. The van der Waals surface area contributed by atoms with Crippen molar-refractivity contribution in [3.63, 3.8) is 0 Å². The maximum atomic E-state index is 5.97. The van der Waals surface area contributed by atoms with Gasteiger partial charge in [-0.2, -0.15) is 0 Å². The van der Waals surface area contributed by atoms with Crippen LogP contribution in [0.1, 0.15) is 32.8 Å². The summed E-state index contributed by atoms with van der Waals surface area (Å²) in [5.74, 6) is 1.20. The van der Waals surface area contributed by atoms with Gasteiger partial charge in [0.15, 0.2) is 0 Å². The van der Waals surface area contributed by atoms with Crippen molar-refractivity contribution in [1.82, 2.24) is 4.98 Å². The topological polar surface area (TPSA) is 48.1 Å². The van der Waals surface area contributed by atoms with Crippen LogP contribution in [0.3, 0.4) is 0 Å². The lowest BCUT2D eigenvalue weighted by molar-refractivity contribution is 0.227. The lowest BCUT2D eigenvalue weighted by atomic mass is 9.93. The Bertz CT molecular complexity index is 374. The summed E-state index contributed by atoms with van der Waals surface area (Å²) in [6.45, 7) is 8.79. The standard InChI is InChI=1S/C13H21ClN2O/c1-9(6-13(3,4)15)8-17-11-7-16-12(14)5-10(11)2/h5,7,9H,6,8,15H2,1-4H3/t9-/m0/s1. The third-order valence-electron chi connectivity index (χ3n) is 2.43. The molecule has 3 nitrogen and oxygen atoms in total. The SMILES string of the molecule is Cc1cc(Cl)ncc1OC[C@@H](C)CC(C)(C)N. The van der Waals surface area contributed by atoms with Crippen molar-refractivity contribution < 1.29 is 4.74 Å². The third kappa shape index (κ3) is 5.37. The number of aromatic nitrogens is 1. The first-order chi connectivity index (χ1) is 7.78. The van der Waals surface area contributed by atoms with Gasteiger partial charge in [0.1, 0.15) is 10.9 Å². The molecule has 96 valence electrons. The molecule has 0 spiro atoms. The number of nitrogens with zero attached hydrogens (tertiary/aromatic N) is 1. The fourth-order valence-electron chi connectivity index (χ4n) is 1.85. The summed E-state index contributed by atoms with van der Waals surface area (Å²) < 4.78 is 5.72. The maximum Gasteiger partial charge on any atom is 0.140 e.